The molecule has 4 rings (SSSR count). The Morgan fingerprint density at radius 2 is 0.627 bits per heavy atom. The topological polar surface area (TPSA) is 322 Å². The Kier molecular flexibility index (Phi) is 34.0. The van der Waals surface area contributed by atoms with Gasteiger partial charge in [0.05, 0.1) is 139 Å². The summed E-state index contributed by atoms with van der Waals surface area (Å²) < 4.78 is 88.6. The number of halogens is 4. The fourth-order valence-electron chi connectivity index (χ4n) is 8.74. The van der Waals surface area contributed by atoms with Crippen molar-refractivity contribution in [2.24, 2.45) is 10.2 Å². The van der Waals surface area contributed by atoms with Gasteiger partial charge in [-0.1, -0.05) is 58.5 Å². The fraction of sp³-hybridized carbons (Fsp3) is 0.500. The average molecular weight is 1520 g/mol. The lowest BCUT2D eigenvalue weighted by Gasteiger charge is -2.30. The summed E-state index contributed by atoms with van der Waals surface area (Å²) in [4.78, 5) is 118. The van der Waals surface area contributed by atoms with Gasteiger partial charge in [0.1, 0.15) is 56.8 Å². The van der Waals surface area contributed by atoms with E-state index in [-0.39, 0.29) is 156 Å². The second-order valence-corrected chi connectivity index (χ2v) is 25.9. The highest BCUT2D eigenvalue weighted by molar-refractivity contribution is 6.70. The van der Waals surface area contributed by atoms with Crippen molar-refractivity contribution in [1.29, 1.82) is 0 Å². The van der Waals surface area contributed by atoms with E-state index in [1.807, 2.05) is 0 Å². The number of methoxy groups -OCH3 is 8. The summed E-state index contributed by atoms with van der Waals surface area (Å²) >= 11 is 27.2. The lowest BCUT2D eigenvalue weighted by molar-refractivity contribution is -0.117. The number of hydrogen-bond donors (Lipinski definition) is 0. The van der Waals surface area contributed by atoms with Gasteiger partial charge in [-0.3, -0.25) is 19.2 Å². The molecule has 0 atom stereocenters. The normalized spacial score (nSPS) is 12.1. The Morgan fingerprint density at radius 3 is 0.873 bits per heavy atom. The Morgan fingerprint density at radius 1 is 0.353 bits per heavy atom. The first-order chi connectivity index (χ1) is 48.0. The number of anilines is 4. The van der Waals surface area contributed by atoms with Crippen molar-refractivity contribution >= 4 is 128 Å². The standard InChI is InChI=1S/C68H88Cl4N6O24/c1-41(79)57(59(81)75(51-35-53(91-15)47(71)33-55(51)93-17)61(83)99-65(3,4)37-95-27-23-87-11)73-77(63(85)101-67(7,8)39-97-29-25-89-13)49-21-19-43(31-45(49)69)44-20-22-50(46(70)32-44)78(64(86)102-68(9,10)40-98-30-26-90-14)74-58(42(2)80)60(82)76(52-36-54(92-16)48(72)34-56(52)94-18)62(84)100-66(5,6)38-96-28-24-88-12/h19-22,31-36H,23-30,37-40H2,1-18H3. The lowest BCUT2D eigenvalue weighted by Crippen LogP contribution is -2.48. The summed E-state index contributed by atoms with van der Waals surface area (Å²) in [5.74, 6) is -5.56. The molecule has 0 unspecified atom stereocenters. The largest absolute Gasteiger partial charge is 0.495 e. The summed E-state index contributed by atoms with van der Waals surface area (Å²) in [7, 11) is 10.9. The number of amides is 6. The summed E-state index contributed by atoms with van der Waals surface area (Å²) in [5.41, 5.74) is -8.76. The third-order valence-electron chi connectivity index (χ3n) is 13.6. The van der Waals surface area contributed by atoms with Crippen LogP contribution in [0, 0.1) is 0 Å². The maximum atomic E-state index is 15.3. The summed E-state index contributed by atoms with van der Waals surface area (Å²) in [6.07, 6.45) is -5.39. The van der Waals surface area contributed by atoms with E-state index in [1.54, 1.807) is 0 Å². The second kappa shape index (κ2) is 40.2. The molecule has 0 aliphatic carbocycles. The molecule has 562 valence electrons. The van der Waals surface area contributed by atoms with E-state index in [0.29, 0.717) is 19.8 Å². The van der Waals surface area contributed by atoms with Gasteiger partial charge in [-0.05, 0) is 90.8 Å². The maximum Gasteiger partial charge on any atom is 0.435 e. The highest BCUT2D eigenvalue weighted by Gasteiger charge is 2.42. The average Bonchev–Trinajstić information content (AvgIpc) is 0.788. The van der Waals surface area contributed by atoms with Gasteiger partial charge >= 0.3 is 24.4 Å². The van der Waals surface area contributed by atoms with Gasteiger partial charge in [-0.25, -0.2) is 29.0 Å². The van der Waals surface area contributed by atoms with E-state index in [1.165, 1.54) is 173 Å². The minimum absolute atomic E-state index is 0.000618. The molecule has 0 fully saturated rings. The Bertz CT molecular complexity index is 3430. The van der Waals surface area contributed by atoms with Crippen LogP contribution < -0.4 is 38.8 Å². The number of Topliss-reactive ketones (excluding diaryl/α,β-unsaturated/α-hetero) is 2. The maximum absolute atomic E-state index is 15.3. The van der Waals surface area contributed by atoms with E-state index < -0.39 is 81.6 Å². The van der Waals surface area contributed by atoms with Gasteiger partial charge in [0.15, 0.2) is 23.0 Å². The van der Waals surface area contributed by atoms with Crippen molar-refractivity contribution in [1.82, 2.24) is 0 Å². The summed E-state index contributed by atoms with van der Waals surface area (Å²) in [5, 5.41) is 9.07. The minimum Gasteiger partial charge on any atom is -0.495 e. The first kappa shape index (κ1) is 86.4. The number of carbonyl (C=O) groups is 8. The molecule has 0 saturated carbocycles. The number of ketones is 2. The molecule has 0 aliphatic rings. The van der Waals surface area contributed by atoms with Gasteiger partial charge < -0.3 is 75.8 Å². The number of nitrogens with zero attached hydrogens (tertiary/aromatic N) is 6. The molecule has 6 amide bonds. The van der Waals surface area contributed by atoms with Crippen molar-refractivity contribution in [2.45, 2.75) is 91.6 Å². The molecule has 0 aliphatic heterocycles. The zero-order chi connectivity index (χ0) is 76.5. The number of imide groups is 2. The smallest absolute Gasteiger partial charge is 0.435 e. The zero-order valence-electron chi connectivity index (χ0n) is 60.3. The van der Waals surface area contributed by atoms with E-state index in [9.17, 15) is 28.8 Å². The van der Waals surface area contributed by atoms with Crippen LogP contribution in [0.15, 0.2) is 70.9 Å². The molecule has 102 heavy (non-hydrogen) atoms. The van der Waals surface area contributed by atoms with Crippen molar-refractivity contribution in [3.63, 3.8) is 0 Å². The lowest BCUT2D eigenvalue weighted by atomic mass is 10.0. The van der Waals surface area contributed by atoms with Crippen molar-refractivity contribution in [3.05, 3.63) is 80.8 Å². The molecule has 0 bridgehead atoms. The molecule has 0 radical (unpaired) electrons. The van der Waals surface area contributed by atoms with Gasteiger partial charge in [0.2, 0.25) is 0 Å². The van der Waals surface area contributed by atoms with Crippen LogP contribution >= 0.6 is 46.4 Å². The van der Waals surface area contributed by atoms with E-state index in [2.05, 4.69) is 10.2 Å². The number of ether oxygens (including phenoxy) is 16. The van der Waals surface area contributed by atoms with Gasteiger partial charge in [0, 0.05) is 66.6 Å². The van der Waals surface area contributed by atoms with Crippen LogP contribution in [-0.4, -0.2) is 218 Å². The third kappa shape index (κ3) is 25.2. The quantitative estimate of drug-likeness (QED) is 0.0132. The molecule has 30 nitrogen and oxygen atoms in total. The molecule has 4 aromatic carbocycles. The molecule has 0 aromatic heterocycles. The number of carbonyl (C=O) groups excluding carboxylic acids is 8. The van der Waals surface area contributed by atoms with Crippen molar-refractivity contribution < 1.29 is 114 Å². The van der Waals surface area contributed by atoms with E-state index >= 15 is 9.59 Å². The molecule has 4 aromatic rings. The molecule has 0 heterocycles. The van der Waals surface area contributed by atoms with Crippen LogP contribution in [0.3, 0.4) is 0 Å². The van der Waals surface area contributed by atoms with Crippen LogP contribution in [0.1, 0.15) is 69.2 Å². The third-order valence-corrected chi connectivity index (χ3v) is 14.8. The van der Waals surface area contributed by atoms with Crippen LogP contribution in [0.25, 0.3) is 11.1 Å². The number of benzene rings is 4. The molecule has 0 N–H and O–H groups in total. The highest BCUT2D eigenvalue weighted by atomic mass is 35.5. The van der Waals surface area contributed by atoms with Gasteiger partial charge in [-0.15, -0.1) is 0 Å². The molecular weight excluding hydrogens is 1430 g/mol. The van der Waals surface area contributed by atoms with Crippen LogP contribution in [-0.2, 0) is 76.0 Å². The predicted molar refractivity (Wildman–Crippen MR) is 380 cm³/mol. The highest BCUT2D eigenvalue weighted by Crippen LogP contribution is 2.42. The van der Waals surface area contributed by atoms with Crippen LogP contribution in [0.5, 0.6) is 23.0 Å². The first-order valence-electron chi connectivity index (χ1n) is 31.1. The Hall–Kier alpha value is -7.98. The monoisotopic (exact) mass is 1510 g/mol. The summed E-state index contributed by atoms with van der Waals surface area (Å²) in [6.45, 7) is 14.3. The zero-order valence-corrected chi connectivity index (χ0v) is 63.3. The molecular formula is C68H88Cl4N6O24. The Balaban J connectivity index is 2.03. The SMILES string of the molecule is COCCOCC(C)(C)OC(=O)N(N=C(C(C)=O)C(=O)N(C(=O)OC(C)(C)COCCOC)c1cc(OC)c(Cl)cc1OC)c1ccc(-c2ccc(N(N=C(C(C)=O)C(=O)N(C(=O)OC(C)(C)COCCOC)c3cc(OC)c(Cl)cc3OC)C(=O)OC(C)(C)COCCOC)c(Cl)c2)cc1Cl. The second-order valence-electron chi connectivity index (χ2n) is 24.3. The van der Waals surface area contributed by atoms with Gasteiger partial charge in [0.25, 0.3) is 11.8 Å². The van der Waals surface area contributed by atoms with Crippen LogP contribution in [0.4, 0.5) is 41.9 Å². The van der Waals surface area contributed by atoms with Crippen LogP contribution in [0.2, 0.25) is 20.1 Å². The van der Waals surface area contributed by atoms with Crippen molar-refractivity contribution in [2.75, 3.05) is 156 Å². The number of rotatable bonds is 39. The minimum atomic E-state index is -1.46. The van der Waals surface area contributed by atoms with Crippen molar-refractivity contribution in [3.8, 4) is 34.1 Å². The Labute approximate surface area is 612 Å². The first-order valence-corrected chi connectivity index (χ1v) is 32.6. The van der Waals surface area contributed by atoms with E-state index in [4.69, 9.17) is 122 Å². The fourth-order valence-corrected chi connectivity index (χ4v) is 9.73. The molecule has 0 spiro atoms. The van der Waals surface area contributed by atoms with Gasteiger partial charge in [-0.2, -0.15) is 20.2 Å². The van der Waals surface area contributed by atoms with E-state index in [0.717, 1.165) is 13.8 Å². The molecule has 0 saturated heterocycles. The summed E-state index contributed by atoms with van der Waals surface area (Å²) in [6, 6.07) is 12.9. The number of hydrazone groups is 2. The predicted octanol–water partition coefficient (Wildman–Crippen LogP) is 11.9. The molecule has 34 heteroatoms. The number of hydrogen-bond acceptors (Lipinski definition) is 26.